The van der Waals surface area contributed by atoms with Crippen molar-refractivity contribution < 1.29 is 17.9 Å². The molecule has 0 heterocycles. The Balaban J connectivity index is 1.79. The third kappa shape index (κ3) is 6.80. The Morgan fingerprint density at radius 2 is 1.83 bits per heavy atom. The topological polar surface area (TPSA) is 59.6 Å². The molecule has 1 saturated carbocycles. The van der Waals surface area contributed by atoms with Crippen LogP contribution in [0, 0.1) is 0 Å². The van der Waals surface area contributed by atoms with E-state index in [9.17, 15) is 13.2 Å². The Labute approximate surface area is 133 Å². The number of benzene rings is 1. The molecule has 0 aliphatic heterocycles. The molecule has 0 saturated heterocycles. The maximum atomic E-state index is 12.1. The van der Waals surface area contributed by atoms with E-state index in [4.69, 9.17) is 5.73 Å². The van der Waals surface area contributed by atoms with Crippen LogP contribution in [-0.4, -0.2) is 24.8 Å². The predicted octanol–water partition coefficient (Wildman–Crippen LogP) is 3.36. The highest BCUT2D eigenvalue weighted by Gasteiger charge is 2.28. The molecule has 0 bridgehead atoms. The molecular formula is C16H22F3N3O. The molecule has 4 nitrogen and oxygen atoms in total. The Morgan fingerprint density at radius 3 is 2.43 bits per heavy atom. The highest BCUT2D eigenvalue weighted by molar-refractivity contribution is 5.78. The summed E-state index contributed by atoms with van der Waals surface area (Å²) in [5.74, 6) is 0.595. The number of hydrogen-bond acceptors (Lipinski definition) is 2. The smallest absolute Gasteiger partial charge is 0.422 e. The van der Waals surface area contributed by atoms with Gasteiger partial charge in [0, 0.05) is 6.04 Å². The summed E-state index contributed by atoms with van der Waals surface area (Å²) in [6.45, 7) is -0.909. The maximum Gasteiger partial charge on any atom is 0.422 e. The van der Waals surface area contributed by atoms with Gasteiger partial charge in [0.15, 0.2) is 12.6 Å². The van der Waals surface area contributed by atoms with Crippen molar-refractivity contribution in [2.75, 3.05) is 6.61 Å². The fraction of sp³-hybridized carbons (Fsp3) is 0.562. The lowest BCUT2D eigenvalue weighted by atomic mass is 9.96. The lowest BCUT2D eigenvalue weighted by molar-refractivity contribution is -0.153. The van der Waals surface area contributed by atoms with E-state index < -0.39 is 12.8 Å². The predicted molar refractivity (Wildman–Crippen MR) is 83.3 cm³/mol. The van der Waals surface area contributed by atoms with Gasteiger partial charge >= 0.3 is 6.18 Å². The molecule has 0 atom stereocenters. The van der Waals surface area contributed by atoms with Crippen LogP contribution >= 0.6 is 0 Å². The zero-order valence-electron chi connectivity index (χ0n) is 12.9. The van der Waals surface area contributed by atoms with Gasteiger partial charge in [0.1, 0.15) is 5.75 Å². The molecule has 2 rings (SSSR count). The van der Waals surface area contributed by atoms with Crippen molar-refractivity contribution in [2.45, 2.75) is 50.9 Å². The number of nitrogens with one attached hydrogen (secondary N) is 1. The number of guanidine groups is 1. The second-order valence-corrected chi connectivity index (χ2v) is 5.73. The Bertz CT molecular complexity index is 508. The van der Waals surface area contributed by atoms with Gasteiger partial charge in [0.05, 0.1) is 6.54 Å². The SMILES string of the molecule is NC(=NCc1ccc(OCC(F)(F)F)cc1)NC1CCCCC1. The third-order valence-electron chi connectivity index (χ3n) is 3.72. The average Bonchev–Trinajstić information content (AvgIpc) is 2.52. The molecule has 0 spiro atoms. The summed E-state index contributed by atoms with van der Waals surface area (Å²) in [4.78, 5) is 4.27. The summed E-state index contributed by atoms with van der Waals surface area (Å²) in [5, 5.41) is 3.22. The highest BCUT2D eigenvalue weighted by Crippen LogP contribution is 2.19. The number of halogens is 3. The van der Waals surface area contributed by atoms with Crippen molar-refractivity contribution >= 4 is 5.96 Å². The molecule has 0 radical (unpaired) electrons. The number of ether oxygens (including phenoxy) is 1. The number of alkyl halides is 3. The third-order valence-corrected chi connectivity index (χ3v) is 3.72. The number of rotatable bonds is 5. The second-order valence-electron chi connectivity index (χ2n) is 5.73. The van der Waals surface area contributed by atoms with Crippen LogP contribution in [0.4, 0.5) is 13.2 Å². The first-order valence-corrected chi connectivity index (χ1v) is 7.77. The molecule has 1 aromatic rings. The van der Waals surface area contributed by atoms with Gasteiger partial charge in [-0.25, -0.2) is 4.99 Å². The van der Waals surface area contributed by atoms with Gasteiger partial charge in [-0.2, -0.15) is 13.2 Å². The van der Waals surface area contributed by atoms with E-state index in [1.165, 1.54) is 31.4 Å². The molecular weight excluding hydrogens is 307 g/mol. The van der Waals surface area contributed by atoms with Crippen LogP contribution in [0.25, 0.3) is 0 Å². The van der Waals surface area contributed by atoms with Crippen LogP contribution in [0.3, 0.4) is 0 Å². The molecule has 0 amide bonds. The van der Waals surface area contributed by atoms with E-state index in [1.54, 1.807) is 12.1 Å². The molecule has 7 heteroatoms. The van der Waals surface area contributed by atoms with Gasteiger partial charge < -0.3 is 15.8 Å². The number of nitrogens with zero attached hydrogens (tertiary/aromatic N) is 1. The normalized spacial score (nSPS) is 17.1. The monoisotopic (exact) mass is 329 g/mol. The Hall–Kier alpha value is -1.92. The summed E-state index contributed by atoms with van der Waals surface area (Å²) in [7, 11) is 0. The number of nitrogens with two attached hydrogens (primary N) is 1. The standard InChI is InChI=1S/C16H22F3N3O/c17-16(18,19)11-23-14-8-6-12(7-9-14)10-21-15(20)22-13-4-2-1-3-5-13/h6-9,13H,1-5,10-11H2,(H3,20,21,22). The first kappa shape index (κ1) is 17.4. The van der Waals surface area contributed by atoms with Crippen molar-refractivity contribution in [3.8, 4) is 5.75 Å². The molecule has 1 aliphatic rings. The minimum absolute atomic E-state index is 0.184. The van der Waals surface area contributed by atoms with E-state index in [0.29, 0.717) is 18.5 Å². The fourth-order valence-electron chi connectivity index (χ4n) is 2.53. The highest BCUT2D eigenvalue weighted by atomic mass is 19.4. The minimum atomic E-state index is -4.33. The van der Waals surface area contributed by atoms with Crippen LogP contribution in [-0.2, 0) is 6.54 Å². The summed E-state index contributed by atoms with van der Waals surface area (Å²) >= 11 is 0. The van der Waals surface area contributed by atoms with Gasteiger partial charge in [0.2, 0.25) is 0 Å². The van der Waals surface area contributed by atoms with Crippen LogP contribution < -0.4 is 15.8 Å². The first-order chi connectivity index (χ1) is 10.9. The summed E-state index contributed by atoms with van der Waals surface area (Å²) < 4.78 is 40.8. The summed E-state index contributed by atoms with van der Waals surface area (Å²) in [6, 6.07) is 6.76. The molecule has 1 fully saturated rings. The summed E-state index contributed by atoms with van der Waals surface area (Å²) in [6.07, 6.45) is 1.60. The van der Waals surface area contributed by atoms with Crippen molar-refractivity contribution in [1.82, 2.24) is 5.32 Å². The first-order valence-electron chi connectivity index (χ1n) is 7.77. The quantitative estimate of drug-likeness (QED) is 0.643. The number of aliphatic imine (C=N–C) groups is 1. The van der Waals surface area contributed by atoms with Gasteiger partial charge in [-0.05, 0) is 30.5 Å². The molecule has 0 unspecified atom stereocenters. The van der Waals surface area contributed by atoms with Gasteiger partial charge in [-0.15, -0.1) is 0 Å². The van der Waals surface area contributed by atoms with E-state index in [1.807, 2.05) is 0 Å². The zero-order chi connectivity index (χ0) is 16.7. The Morgan fingerprint density at radius 1 is 1.17 bits per heavy atom. The van der Waals surface area contributed by atoms with Gasteiger partial charge in [-0.3, -0.25) is 0 Å². The molecule has 23 heavy (non-hydrogen) atoms. The van der Waals surface area contributed by atoms with Crippen molar-refractivity contribution in [1.29, 1.82) is 0 Å². The fourth-order valence-corrected chi connectivity index (χ4v) is 2.53. The molecule has 1 aromatic carbocycles. The molecule has 128 valence electrons. The Kier molecular flexibility index (Phi) is 6.12. The van der Waals surface area contributed by atoms with Gasteiger partial charge in [-0.1, -0.05) is 31.4 Å². The molecule has 0 aromatic heterocycles. The maximum absolute atomic E-state index is 12.1. The van der Waals surface area contributed by atoms with E-state index >= 15 is 0 Å². The largest absolute Gasteiger partial charge is 0.484 e. The zero-order valence-corrected chi connectivity index (χ0v) is 12.9. The molecule has 3 N–H and O–H groups in total. The summed E-state index contributed by atoms with van der Waals surface area (Å²) in [5.41, 5.74) is 6.73. The van der Waals surface area contributed by atoms with Crippen LogP contribution in [0.2, 0.25) is 0 Å². The van der Waals surface area contributed by atoms with E-state index in [0.717, 1.165) is 18.4 Å². The number of hydrogen-bond donors (Lipinski definition) is 2. The second kappa shape index (κ2) is 8.08. The van der Waals surface area contributed by atoms with Crippen molar-refractivity contribution in [2.24, 2.45) is 10.7 Å². The lowest BCUT2D eigenvalue weighted by Crippen LogP contribution is -2.41. The van der Waals surface area contributed by atoms with Gasteiger partial charge in [0.25, 0.3) is 0 Å². The van der Waals surface area contributed by atoms with E-state index in [2.05, 4.69) is 15.0 Å². The van der Waals surface area contributed by atoms with E-state index in [-0.39, 0.29) is 5.75 Å². The molecule has 1 aliphatic carbocycles. The van der Waals surface area contributed by atoms with Crippen molar-refractivity contribution in [3.05, 3.63) is 29.8 Å². The van der Waals surface area contributed by atoms with Crippen LogP contribution in [0.15, 0.2) is 29.3 Å². The average molecular weight is 329 g/mol. The van der Waals surface area contributed by atoms with Crippen LogP contribution in [0.1, 0.15) is 37.7 Å². The lowest BCUT2D eigenvalue weighted by Gasteiger charge is -2.23. The van der Waals surface area contributed by atoms with Crippen LogP contribution in [0.5, 0.6) is 5.75 Å². The minimum Gasteiger partial charge on any atom is -0.484 e. The van der Waals surface area contributed by atoms with Crippen molar-refractivity contribution in [3.63, 3.8) is 0 Å².